The Labute approximate surface area is 116 Å². The summed E-state index contributed by atoms with van der Waals surface area (Å²) in [4.78, 5) is 4.50. The maximum absolute atomic E-state index is 12.3. The van der Waals surface area contributed by atoms with Crippen molar-refractivity contribution < 1.29 is 8.42 Å². The van der Waals surface area contributed by atoms with E-state index in [1.807, 2.05) is 12.3 Å². The Balaban J connectivity index is 2.21. The second-order valence-electron chi connectivity index (χ2n) is 4.21. The van der Waals surface area contributed by atoms with Gasteiger partial charge in [-0.05, 0) is 31.2 Å². The van der Waals surface area contributed by atoms with Crippen LogP contribution in [0.25, 0.3) is 0 Å². The van der Waals surface area contributed by atoms with Crippen molar-refractivity contribution in [3.8, 4) is 0 Å². The first-order chi connectivity index (χ1) is 8.89. The highest BCUT2D eigenvalue weighted by molar-refractivity contribution is 7.89. The lowest BCUT2D eigenvalue weighted by Gasteiger charge is -2.15. The molecule has 19 heavy (non-hydrogen) atoms. The Morgan fingerprint density at radius 3 is 2.47 bits per heavy atom. The molecule has 1 aromatic carbocycles. The summed E-state index contributed by atoms with van der Waals surface area (Å²) in [6.07, 6.45) is 0. The van der Waals surface area contributed by atoms with E-state index in [0.29, 0.717) is 5.69 Å². The minimum atomic E-state index is -3.50. The number of aryl methyl sites for hydroxylation is 1. The highest BCUT2D eigenvalue weighted by Crippen LogP contribution is 2.19. The summed E-state index contributed by atoms with van der Waals surface area (Å²) < 4.78 is 25.9. The number of hydrogen-bond acceptors (Lipinski definition) is 5. The number of rotatable bonds is 4. The van der Waals surface area contributed by atoms with Gasteiger partial charge in [0.25, 0.3) is 0 Å². The molecule has 102 valence electrons. The fraction of sp³-hybridized carbons (Fsp3) is 0.250. The number of thiazole rings is 1. The molecule has 1 heterocycles. The second kappa shape index (κ2) is 5.28. The average Bonchev–Trinajstić information content (AvgIpc) is 2.75. The van der Waals surface area contributed by atoms with Crippen molar-refractivity contribution >= 4 is 27.0 Å². The highest BCUT2D eigenvalue weighted by Gasteiger charge is 2.21. The second-order valence-corrected chi connectivity index (χ2v) is 7.20. The molecule has 0 radical (unpaired) electrons. The van der Waals surface area contributed by atoms with Gasteiger partial charge in [-0.1, -0.05) is 0 Å². The molecule has 0 saturated heterocycles. The smallest absolute Gasteiger partial charge is 0.243 e. The molecule has 2 N–H and O–H groups in total. The van der Waals surface area contributed by atoms with Crippen molar-refractivity contribution in [2.75, 3.05) is 12.8 Å². The molecular weight excluding hydrogens is 282 g/mol. The van der Waals surface area contributed by atoms with E-state index in [1.54, 1.807) is 19.2 Å². The van der Waals surface area contributed by atoms with Gasteiger partial charge < -0.3 is 5.73 Å². The Morgan fingerprint density at radius 2 is 1.95 bits per heavy atom. The van der Waals surface area contributed by atoms with Crippen LogP contribution in [0.2, 0.25) is 0 Å². The zero-order valence-corrected chi connectivity index (χ0v) is 12.3. The lowest BCUT2D eigenvalue weighted by molar-refractivity contribution is 0.465. The third-order valence-electron chi connectivity index (χ3n) is 2.61. The van der Waals surface area contributed by atoms with Gasteiger partial charge in [-0.2, -0.15) is 4.31 Å². The molecule has 7 heteroatoms. The van der Waals surface area contributed by atoms with Gasteiger partial charge in [0.05, 0.1) is 11.4 Å². The number of benzene rings is 1. The molecule has 0 aliphatic rings. The van der Waals surface area contributed by atoms with Crippen molar-refractivity contribution in [2.24, 2.45) is 0 Å². The minimum absolute atomic E-state index is 0.234. The number of nitrogens with zero attached hydrogens (tertiary/aromatic N) is 2. The van der Waals surface area contributed by atoms with Crippen LogP contribution in [0.4, 0.5) is 5.69 Å². The van der Waals surface area contributed by atoms with Gasteiger partial charge in [0.1, 0.15) is 5.01 Å². The molecule has 1 aromatic heterocycles. The van der Waals surface area contributed by atoms with Crippen molar-refractivity contribution in [2.45, 2.75) is 18.4 Å². The summed E-state index contributed by atoms with van der Waals surface area (Å²) in [6.45, 7) is 2.15. The zero-order chi connectivity index (χ0) is 14.0. The molecule has 0 atom stereocenters. The van der Waals surface area contributed by atoms with E-state index in [-0.39, 0.29) is 11.4 Å². The Morgan fingerprint density at radius 1 is 1.32 bits per heavy atom. The highest BCUT2D eigenvalue weighted by atomic mass is 32.2. The lowest BCUT2D eigenvalue weighted by atomic mass is 10.3. The standard InChI is InChI=1S/C12H15N3O2S2/c1-9-8-18-12(14-9)7-15(2)19(16,17)11-5-3-10(13)4-6-11/h3-6,8H,7,13H2,1-2H3. The molecule has 0 spiro atoms. The molecule has 5 nitrogen and oxygen atoms in total. The summed E-state index contributed by atoms with van der Waals surface area (Å²) in [5, 5.41) is 2.68. The van der Waals surface area contributed by atoms with Gasteiger partial charge in [0.15, 0.2) is 0 Å². The summed E-state index contributed by atoms with van der Waals surface area (Å²) in [5.74, 6) is 0. The molecule has 2 rings (SSSR count). The van der Waals surface area contributed by atoms with Crippen LogP contribution in [-0.4, -0.2) is 24.8 Å². The number of nitrogen functional groups attached to an aromatic ring is 1. The van der Waals surface area contributed by atoms with Crippen LogP contribution in [0.3, 0.4) is 0 Å². The molecular formula is C12H15N3O2S2. The molecule has 0 saturated carbocycles. The third-order valence-corrected chi connectivity index (χ3v) is 5.38. The van der Waals surface area contributed by atoms with Gasteiger partial charge in [-0.15, -0.1) is 11.3 Å². The summed E-state index contributed by atoms with van der Waals surface area (Å²) in [7, 11) is -1.96. The van der Waals surface area contributed by atoms with Crippen LogP contribution < -0.4 is 5.73 Å². The Hall–Kier alpha value is -1.44. The van der Waals surface area contributed by atoms with Crippen LogP contribution in [-0.2, 0) is 16.6 Å². The first kappa shape index (κ1) is 14.0. The van der Waals surface area contributed by atoms with Crippen molar-refractivity contribution in [1.82, 2.24) is 9.29 Å². The molecule has 0 fully saturated rings. The minimum Gasteiger partial charge on any atom is -0.399 e. The number of nitrogens with two attached hydrogens (primary N) is 1. The van der Waals surface area contributed by atoms with E-state index in [4.69, 9.17) is 5.73 Å². The van der Waals surface area contributed by atoms with E-state index in [2.05, 4.69) is 4.98 Å². The van der Waals surface area contributed by atoms with E-state index in [0.717, 1.165) is 10.7 Å². The SMILES string of the molecule is Cc1csc(CN(C)S(=O)(=O)c2ccc(N)cc2)n1. The summed E-state index contributed by atoms with van der Waals surface area (Å²) in [6, 6.07) is 6.17. The van der Waals surface area contributed by atoms with Gasteiger partial charge in [0.2, 0.25) is 10.0 Å². The quantitative estimate of drug-likeness (QED) is 0.874. The van der Waals surface area contributed by atoms with Crippen molar-refractivity contribution in [1.29, 1.82) is 0 Å². The van der Waals surface area contributed by atoms with Gasteiger partial charge in [-0.3, -0.25) is 0 Å². The fourth-order valence-electron chi connectivity index (χ4n) is 1.57. The van der Waals surface area contributed by atoms with Gasteiger partial charge in [-0.25, -0.2) is 13.4 Å². The van der Waals surface area contributed by atoms with Gasteiger partial charge >= 0.3 is 0 Å². The lowest BCUT2D eigenvalue weighted by Crippen LogP contribution is -2.26. The predicted molar refractivity (Wildman–Crippen MR) is 76.4 cm³/mol. The molecule has 2 aromatic rings. The third kappa shape index (κ3) is 3.12. The zero-order valence-electron chi connectivity index (χ0n) is 10.7. The van der Waals surface area contributed by atoms with E-state index < -0.39 is 10.0 Å². The monoisotopic (exact) mass is 297 g/mol. The topological polar surface area (TPSA) is 76.3 Å². The van der Waals surface area contributed by atoms with E-state index in [1.165, 1.54) is 27.8 Å². The number of sulfonamides is 1. The van der Waals surface area contributed by atoms with Crippen LogP contribution in [0.15, 0.2) is 34.5 Å². The van der Waals surface area contributed by atoms with Crippen molar-refractivity contribution in [3.05, 3.63) is 40.3 Å². The normalized spacial score (nSPS) is 11.9. The van der Waals surface area contributed by atoms with Crippen LogP contribution in [0.5, 0.6) is 0 Å². The molecule has 0 aliphatic heterocycles. The fourth-order valence-corrected chi connectivity index (χ4v) is 3.61. The van der Waals surface area contributed by atoms with Crippen LogP contribution in [0.1, 0.15) is 10.7 Å². The number of hydrogen-bond donors (Lipinski definition) is 1. The van der Waals surface area contributed by atoms with E-state index >= 15 is 0 Å². The Bertz CT molecular complexity index is 663. The maximum Gasteiger partial charge on any atom is 0.243 e. The summed E-state index contributed by atoms with van der Waals surface area (Å²) >= 11 is 1.45. The Kier molecular flexibility index (Phi) is 3.88. The molecule has 0 bridgehead atoms. The van der Waals surface area contributed by atoms with E-state index in [9.17, 15) is 8.42 Å². The van der Waals surface area contributed by atoms with Gasteiger partial charge in [0, 0.05) is 23.8 Å². The first-order valence-electron chi connectivity index (χ1n) is 5.62. The molecule has 0 aliphatic carbocycles. The maximum atomic E-state index is 12.3. The largest absolute Gasteiger partial charge is 0.399 e. The number of anilines is 1. The van der Waals surface area contributed by atoms with Crippen molar-refractivity contribution in [3.63, 3.8) is 0 Å². The first-order valence-corrected chi connectivity index (χ1v) is 7.94. The molecule has 0 unspecified atom stereocenters. The molecule has 0 amide bonds. The number of aromatic nitrogens is 1. The summed E-state index contributed by atoms with van der Waals surface area (Å²) in [5.41, 5.74) is 7.00. The average molecular weight is 297 g/mol. The predicted octanol–water partition coefficient (Wildman–Crippen LogP) is 1.85. The van der Waals surface area contributed by atoms with Crippen LogP contribution in [0, 0.1) is 6.92 Å². The van der Waals surface area contributed by atoms with Crippen LogP contribution >= 0.6 is 11.3 Å².